The van der Waals surface area contributed by atoms with Crippen LogP contribution in [0.25, 0.3) is 0 Å². The number of rotatable bonds is 0. The molecule has 0 saturated heterocycles. The summed E-state index contributed by atoms with van der Waals surface area (Å²) in [5.41, 5.74) is 2.81. The SMILES string of the molecule is C[C]1Cc2cc(Cl)c(Br)cc2C1. The van der Waals surface area contributed by atoms with Crippen molar-refractivity contribution >= 4 is 27.5 Å². The molecule has 0 N–H and O–H groups in total. The number of halogens is 2. The third kappa shape index (κ3) is 1.40. The molecule has 1 aliphatic rings. The van der Waals surface area contributed by atoms with Gasteiger partial charge in [-0.15, -0.1) is 0 Å². The molecule has 0 amide bonds. The lowest BCUT2D eigenvalue weighted by molar-refractivity contribution is 0.951. The molecule has 1 radical (unpaired) electrons. The molecule has 0 bridgehead atoms. The summed E-state index contributed by atoms with van der Waals surface area (Å²) >= 11 is 9.41. The quantitative estimate of drug-likeness (QED) is 0.651. The van der Waals surface area contributed by atoms with Gasteiger partial charge in [0.1, 0.15) is 0 Å². The summed E-state index contributed by atoms with van der Waals surface area (Å²) in [5, 5.41) is 0.823. The summed E-state index contributed by atoms with van der Waals surface area (Å²) in [6.45, 7) is 2.20. The molecule has 0 saturated carbocycles. The van der Waals surface area contributed by atoms with Gasteiger partial charge < -0.3 is 0 Å². The fourth-order valence-electron chi connectivity index (χ4n) is 1.67. The van der Waals surface area contributed by atoms with Gasteiger partial charge in [-0.3, -0.25) is 0 Å². The van der Waals surface area contributed by atoms with Crippen molar-refractivity contribution in [3.05, 3.63) is 38.7 Å². The van der Waals surface area contributed by atoms with Crippen LogP contribution in [0.15, 0.2) is 16.6 Å². The van der Waals surface area contributed by atoms with E-state index < -0.39 is 0 Å². The van der Waals surface area contributed by atoms with Crippen molar-refractivity contribution in [2.24, 2.45) is 0 Å². The lowest BCUT2D eigenvalue weighted by Gasteiger charge is -2.00. The first-order valence-electron chi connectivity index (χ1n) is 3.95. The maximum Gasteiger partial charge on any atom is 0.0551 e. The average Bonchev–Trinajstić information content (AvgIpc) is 2.30. The number of hydrogen-bond donors (Lipinski definition) is 0. The molecule has 0 aromatic heterocycles. The van der Waals surface area contributed by atoms with Gasteiger partial charge in [0.25, 0.3) is 0 Å². The van der Waals surface area contributed by atoms with Crippen LogP contribution in [0.1, 0.15) is 18.1 Å². The summed E-state index contributed by atoms with van der Waals surface area (Å²) < 4.78 is 1.01. The molecule has 0 spiro atoms. The minimum Gasteiger partial charge on any atom is -0.0831 e. The molecule has 0 fully saturated rings. The van der Waals surface area contributed by atoms with E-state index >= 15 is 0 Å². The van der Waals surface area contributed by atoms with Crippen LogP contribution in [-0.4, -0.2) is 0 Å². The fourth-order valence-corrected chi connectivity index (χ4v) is 2.25. The van der Waals surface area contributed by atoms with E-state index in [0.717, 1.165) is 22.3 Å². The molecule has 0 heterocycles. The second-order valence-corrected chi connectivity index (χ2v) is 4.61. The van der Waals surface area contributed by atoms with Crippen LogP contribution in [0.4, 0.5) is 0 Å². The predicted octanol–water partition coefficient (Wildman–Crippen LogP) is 3.80. The van der Waals surface area contributed by atoms with Crippen LogP contribution in [0.5, 0.6) is 0 Å². The van der Waals surface area contributed by atoms with Crippen molar-refractivity contribution in [2.45, 2.75) is 19.8 Å². The van der Waals surface area contributed by atoms with Crippen LogP contribution < -0.4 is 0 Å². The minimum atomic E-state index is 0.823. The van der Waals surface area contributed by atoms with Gasteiger partial charge in [0.2, 0.25) is 0 Å². The van der Waals surface area contributed by atoms with Crippen LogP contribution >= 0.6 is 27.5 Å². The van der Waals surface area contributed by atoms with E-state index in [1.807, 2.05) is 0 Å². The Morgan fingerprint density at radius 1 is 1.25 bits per heavy atom. The van der Waals surface area contributed by atoms with Crippen LogP contribution in [0.2, 0.25) is 5.02 Å². The zero-order chi connectivity index (χ0) is 8.72. The highest BCUT2D eigenvalue weighted by Gasteiger charge is 2.19. The van der Waals surface area contributed by atoms with Crippen molar-refractivity contribution < 1.29 is 0 Å². The van der Waals surface area contributed by atoms with Crippen molar-refractivity contribution in [1.82, 2.24) is 0 Å². The average molecular weight is 245 g/mol. The Morgan fingerprint density at radius 2 is 1.83 bits per heavy atom. The molecule has 2 rings (SSSR count). The topological polar surface area (TPSA) is 0 Å². The first kappa shape index (κ1) is 8.58. The molecule has 1 aromatic carbocycles. The smallest absolute Gasteiger partial charge is 0.0551 e. The minimum absolute atomic E-state index is 0.823. The molecule has 0 atom stereocenters. The lowest BCUT2D eigenvalue weighted by atomic mass is 10.1. The van der Waals surface area contributed by atoms with Crippen LogP contribution in [0, 0.1) is 5.92 Å². The van der Waals surface area contributed by atoms with E-state index in [-0.39, 0.29) is 0 Å². The first-order chi connectivity index (χ1) is 5.66. The van der Waals surface area contributed by atoms with Crippen molar-refractivity contribution in [3.8, 4) is 0 Å². The Labute approximate surface area is 86.1 Å². The molecule has 2 heteroatoms. The van der Waals surface area contributed by atoms with E-state index in [1.54, 1.807) is 0 Å². The third-order valence-corrected chi connectivity index (χ3v) is 3.42. The van der Waals surface area contributed by atoms with Gasteiger partial charge in [-0.1, -0.05) is 18.5 Å². The van der Waals surface area contributed by atoms with Crippen molar-refractivity contribution in [2.75, 3.05) is 0 Å². The normalized spacial score (nSPS) is 16.6. The van der Waals surface area contributed by atoms with Gasteiger partial charge in [0.15, 0.2) is 0 Å². The monoisotopic (exact) mass is 243 g/mol. The Hall–Kier alpha value is -0.0100. The first-order valence-corrected chi connectivity index (χ1v) is 5.12. The highest BCUT2D eigenvalue weighted by Crippen LogP contribution is 2.34. The molecule has 1 aromatic rings. The fraction of sp³-hybridized carbons (Fsp3) is 0.300. The summed E-state index contributed by atoms with van der Waals surface area (Å²) in [4.78, 5) is 0. The van der Waals surface area contributed by atoms with Gasteiger partial charge in [0, 0.05) is 4.47 Å². The zero-order valence-corrected chi connectivity index (χ0v) is 9.17. The summed E-state index contributed by atoms with van der Waals surface area (Å²) in [5.74, 6) is 1.53. The number of hydrogen-bond acceptors (Lipinski definition) is 0. The molecular weight excluding hydrogens is 235 g/mol. The van der Waals surface area contributed by atoms with E-state index in [9.17, 15) is 0 Å². The molecular formula is C10H9BrCl. The molecule has 1 aliphatic carbocycles. The third-order valence-electron chi connectivity index (χ3n) is 2.23. The maximum absolute atomic E-state index is 5.98. The standard InChI is InChI=1S/C10H9BrCl/c1-6-2-7-4-9(11)10(12)5-8(7)3-6/h4-5H,2-3H2,1H3. The van der Waals surface area contributed by atoms with E-state index in [1.165, 1.54) is 17.0 Å². The van der Waals surface area contributed by atoms with Gasteiger partial charge in [-0.05, 0) is 57.9 Å². The maximum atomic E-state index is 5.98. The van der Waals surface area contributed by atoms with Gasteiger partial charge in [-0.25, -0.2) is 0 Å². The van der Waals surface area contributed by atoms with Gasteiger partial charge in [-0.2, -0.15) is 0 Å². The van der Waals surface area contributed by atoms with Gasteiger partial charge >= 0.3 is 0 Å². The molecule has 0 nitrogen and oxygen atoms in total. The molecule has 0 aliphatic heterocycles. The van der Waals surface area contributed by atoms with Gasteiger partial charge in [0.05, 0.1) is 5.02 Å². The Bertz CT molecular complexity index is 289. The number of benzene rings is 1. The second-order valence-electron chi connectivity index (χ2n) is 3.35. The molecule has 12 heavy (non-hydrogen) atoms. The highest BCUT2D eigenvalue weighted by molar-refractivity contribution is 9.10. The van der Waals surface area contributed by atoms with E-state index in [0.29, 0.717) is 0 Å². The van der Waals surface area contributed by atoms with E-state index in [2.05, 4.69) is 35.0 Å². The van der Waals surface area contributed by atoms with Crippen molar-refractivity contribution in [3.63, 3.8) is 0 Å². The molecule has 63 valence electrons. The Balaban J connectivity index is 2.48. The van der Waals surface area contributed by atoms with E-state index in [4.69, 9.17) is 11.6 Å². The highest BCUT2D eigenvalue weighted by atomic mass is 79.9. The second kappa shape index (κ2) is 3.04. The summed E-state index contributed by atoms with van der Waals surface area (Å²) in [7, 11) is 0. The Morgan fingerprint density at radius 3 is 2.50 bits per heavy atom. The molecule has 0 unspecified atom stereocenters. The summed E-state index contributed by atoms with van der Waals surface area (Å²) in [6, 6.07) is 4.20. The number of fused-ring (bicyclic) bond motifs is 1. The summed E-state index contributed by atoms with van der Waals surface area (Å²) in [6.07, 6.45) is 2.22. The largest absolute Gasteiger partial charge is 0.0831 e. The lowest BCUT2D eigenvalue weighted by Crippen LogP contribution is -1.85. The zero-order valence-electron chi connectivity index (χ0n) is 6.82. The van der Waals surface area contributed by atoms with Crippen molar-refractivity contribution in [1.29, 1.82) is 0 Å². The van der Waals surface area contributed by atoms with Crippen LogP contribution in [0.3, 0.4) is 0 Å². The van der Waals surface area contributed by atoms with Crippen LogP contribution in [-0.2, 0) is 12.8 Å². The predicted molar refractivity (Wildman–Crippen MR) is 55.5 cm³/mol. The Kier molecular flexibility index (Phi) is 2.18.